The largest absolute Gasteiger partial charge is 0.476 e. The number of hydrogen-bond acceptors (Lipinski definition) is 5. The average molecular weight is 293 g/mol. The maximum atomic E-state index is 11.7. The molecule has 21 heavy (non-hydrogen) atoms. The molecule has 2 rings (SSSR count). The Kier molecular flexibility index (Phi) is 4.85. The topological polar surface area (TPSA) is 114 Å². The third-order valence-electron chi connectivity index (χ3n) is 2.71. The second-order valence-electron chi connectivity index (χ2n) is 4.23. The number of methoxy groups -OCH3 is 1. The first-order valence-corrected chi connectivity index (χ1v) is 6.19. The molecule has 2 aromatic rings. The van der Waals surface area contributed by atoms with Gasteiger partial charge in [-0.1, -0.05) is 0 Å². The van der Waals surface area contributed by atoms with E-state index >= 15 is 0 Å². The van der Waals surface area contributed by atoms with Crippen molar-refractivity contribution < 1.29 is 24.2 Å². The van der Waals surface area contributed by atoms with E-state index in [1.54, 1.807) is 25.3 Å². The summed E-state index contributed by atoms with van der Waals surface area (Å²) in [6.45, 7) is 0.642. The van der Waals surface area contributed by atoms with Gasteiger partial charge in [0, 0.05) is 18.2 Å². The standard InChI is InChI=1S/C13H15N3O5/c1-20-4-5-21-7-11(17)14-8-2-3-10-9(6-8)12(13(18)19)16-15-10/h2-3,6H,4-5,7H2,1H3,(H,14,17)(H,15,16)(H,18,19). The van der Waals surface area contributed by atoms with E-state index < -0.39 is 5.97 Å². The van der Waals surface area contributed by atoms with E-state index in [0.717, 1.165) is 0 Å². The van der Waals surface area contributed by atoms with Crippen LogP contribution in [0.2, 0.25) is 0 Å². The van der Waals surface area contributed by atoms with Crippen LogP contribution in [0, 0.1) is 0 Å². The fourth-order valence-corrected chi connectivity index (χ4v) is 1.76. The number of rotatable bonds is 7. The van der Waals surface area contributed by atoms with Crippen LogP contribution in [0.25, 0.3) is 10.9 Å². The Bertz CT molecular complexity index is 652. The highest BCUT2D eigenvalue weighted by atomic mass is 16.5. The van der Waals surface area contributed by atoms with E-state index in [1.807, 2.05) is 0 Å². The molecule has 8 nitrogen and oxygen atoms in total. The summed E-state index contributed by atoms with van der Waals surface area (Å²) in [5, 5.41) is 18.4. The molecule has 8 heteroatoms. The number of H-pyrrole nitrogens is 1. The number of hydrogen-bond donors (Lipinski definition) is 3. The number of anilines is 1. The van der Waals surface area contributed by atoms with Crippen molar-refractivity contribution in [3.8, 4) is 0 Å². The number of carbonyl (C=O) groups excluding carboxylic acids is 1. The summed E-state index contributed by atoms with van der Waals surface area (Å²) in [7, 11) is 1.55. The first-order chi connectivity index (χ1) is 10.1. The van der Waals surface area contributed by atoms with Crippen LogP contribution in [-0.2, 0) is 14.3 Å². The van der Waals surface area contributed by atoms with Gasteiger partial charge < -0.3 is 19.9 Å². The summed E-state index contributed by atoms with van der Waals surface area (Å²) in [5.74, 6) is -1.46. The van der Waals surface area contributed by atoms with Gasteiger partial charge in [0.2, 0.25) is 5.91 Å². The highest BCUT2D eigenvalue weighted by Gasteiger charge is 2.13. The molecule has 1 aromatic carbocycles. The molecule has 0 aliphatic heterocycles. The zero-order valence-corrected chi connectivity index (χ0v) is 11.4. The molecular formula is C13H15N3O5. The lowest BCUT2D eigenvalue weighted by Gasteiger charge is -2.06. The number of carbonyl (C=O) groups is 2. The van der Waals surface area contributed by atoms with Gasteiger partial charge in [0.15, 0.2) is 5.69 Å². The molecule has 1 aromatic heterocycles. The third-order valence-corrected chi connectivity index (χ3v) is 2.71. The molecule has 0 saturated carbocycles. The van der Waals surface area contributed by atoms with Gasteiger partial charge in [-0.25, -0.2) is 4.79 Å². The molecule has 0 saturated heterocycles. The minimum absolute atomic E-state index is 0.0857. The van der Waals surface area contributed by atoms with Crippen LogP contribution in [0.4, 0.5) is 5.69 Å². The SMILES string of the molecule is COCCOCC(=O)Nc1ccc2[nH]nc(C(=O)O)c2c1. The average Bonchev–Trinajstić information content (AvgIpc) is 2.87. The number of benzene rings is 1. The molecular weight excluding hydrogens is 278 g/mol. The Balaban J connectivity index is 2.03. The van der Waals surface area contributed by atoms with E-state index in [-0.39, 0.29) is 18.2 Å². The van der Waals surface area contributed by atoms with Crippen molar-refractivity contribution in [1.82, 2.24) is 10.2 Å². The summed E-state index contributed by atoms with van der Waals surface area (Å²) >= 11 is 0. The fourth-order valence-electron chi connectivity index (χ4n) is 1.76. The summed E-state index contributed by atoms with van der Waals surface area (Å²) < 4.78 is 9.89. The molecule has 3 N–H and O–H groups in total. The van der Waals surface area contributed by atoms with Crippen LogP contribution >= 0.6 is 0 Å². The highest BCUT2D eigenvalue weighted by molar-refractivity contribution is 6.03. The van der Waals surface area contributed by atoms with Crippen molar-refractivity contribution in [2.45, 2.75) is 0 Å². The molecule has 0 unspecified atom stereocenters. The van der Waals surface area contributed by atoms with Gasteiger partial charge in [-0.15, -0.1) is 0 Å². The van der Waals surface area contributed by atoms with Crippen LogP contribution in [0.15, 0.2) is 18.2 Å². The Morgan fingerprint density at radius 1 is 1.38 bits per heavy atom. The number of fused-ring (bicyclic) bond motifs is 1. The summed E-state index contributed by atoms with van der Waals surface area (Å²) in [4.78, 5) is 22.7. The second kappa shape index (κ2) is 6.82. The molecule has 1 amide bonds. The molecule has 112 valence electrons. The molecule has 1 heterocycles. The maximum Gasteiger partial charge on any atom is 0.357 e. The number of carboxylic acid groups (broad SMARTS) is 1. The van der Waals surface area contributed by atoms with Gasteiger partial charge >= 0.3 is 5.97 Å². The Hall–Kier alpha value is -2.45. The number of nitrogens with zero attached hydrogens (tertiary/aromatic N) is 1. The van der Waals surface area contributed by atoms with Crippen LogP contribution < -0.4 is 5.32 Å². The molecule has 0 radical (unpaired) electrons. The quantitative estimate of drug-likeness (QED) is 0.652. The van der Waals surface area contributed by atoms with Crippen molar-refractivity contribution in [3.63, 3.8) is 0 Å². The van der Waals surface area contributed by atoms with Crippen molar-refractivity contribution in [3.05, 3.63) is 23.9 Å². The number of aromatic nitrogens is 2. The number of amides is 1. The molecule has 0 aliphatic rings. The van der Waals surface area contributed by atoms with Crippen molar-refractivity contribution >= 4 is 28.5 Å². The van der Waals surface area contributed by atoms with Gasteiger partial charge in [-0.2, -0.15) is 5.10 Å². The Morgan fingerprint density at radius 3 is 2.90 bits per heavy atom. The zero-order valence-electron chi connectivity index (χ0n) is 11.4. The molecule has 0 fully saturated rings. The summed E-state index contributed by atoms with van der Waals surface area (Å²) in [5.41, 5.74) is 0.978. The van der Waals surface area contributed by atoms with Gasteiger partial charge in [-0.05, 0) is 18.2 Å². The predicted molar refractivity (Wildman–Crippen MR) is 74.4 cm³/mol. The van der Waals surface area contributed by atoms with Gasteiger partial charge in [0.05, 0.1) is 18.7 Å². The second-order valence-corrected chi connectivity index (χ2v) is 4.23. The number of aromatic amines is 1. The molecule has 0 spiro atoms. The predicted octanol–water partition coefficient (Wildman–Crippen LogP) is 0.863. The zero-order chi connectivity index (χ0) is 15.2. The first kappa shape index (κ1) is 14.9. The van der Waals surface area contributed by atoms with E-state index in [1.165, 1.54) is 0 Å². The van der Waals surface area contributed by atoms with Gasteiger partial charge in [0.1, 0.15) is 6.61 Å². The lowest BCUT2D eigenvalue weighted by atomic mass is 10.2. The van der Waals surface area contributed by atoms with Crippen molar-refractivity contribution in [1.29, 1.82) is 0 Å². The number of nitrogens with one attached hydrogen (secondary N) is 2. The van der Waals surface area contributed by atoms with E-state index in [9.17, 15) is 9.59 Å². The summed E-state index contributed by atoms with van der Waals surface area (Å²) in [6.07, 6.45) is 0. The number of aromatic carboxylic acids is 1. The highest BCUT2D eigenvalue weighted by Crippen LogP contribution is 2.20. The first-order valence-electron chi connectivity index (χ1n) is 6.19. The third kappa shape index (κ3) is 3.77. The monoisotopic (exact) mass is 293 g/mol. The lowest BCUT2D eigenvalue weighted by molar-refractivity contribution is -0.121. The van der Waals surface area contributed by atoms with Crippen LogP contribution in [0.3, 0.4) is 0 Å². The minimum atomic E-state index is -1.13. The smallest absolute Gasteiger partial charge is 0.357 e. The number of ether oxygens (including phenoxy) is 2. The van der Waals surface area contributed by atoms with Gasteiger partial charge in [0.25, 0.3) is 0 Å². The van der Waals surface area contributed by atoms with E-state index in [0.29, 0.717) is 29.8 Å². The van der Waals surface area contributed by atoms with Crippen molar-refractivity contribution in [2.75, 3.05) is 32.2 Å². The van der Waals surface area contributed by atoms with Crippen LogP contribution in [-0.4, -0.2) is 54.1 Å². The molecule has 0 aliphatic carbocycles. The Morgan fingerprint density at radius 2 is 2.19 bits per heavy atom. The Labute approximate surface area is 120 Å². The fraction of sp³-hybridized carbons (Fsp3) is 0.308. The minimum Gasteiger partial charge on any atom is -0.476 e. The van der Waals surface area contributed by atoms with E-state index in [2.05, 4.69) is 15.5 Å². The normalized spacial score (nSPS) is 10.7. The number of carboxylic acids is 1. The van der Waals surface area contributed by atoms with Gasteiger partial charge in [-0.3, -0.25) is 9.89 Å². The molecule has 0 atom stereocenters. The summed E-state index contributed by atoms with van der Waals surface area (Å²) in [6, 6.07) is 4.85. The lowest BCUT2D eigenvalue weighted by Crippen LogP contribution is -2.19. The van der Waals surface area contributed by atoms with Crippen molar-refractivity contribution in [2.24, 2.45) is 0 Å². The maximum absolute atomic E-state index is 11.7. The van der Waals surface area contributed by atoms with Crippen LogP contribution in [0.5, 0.6) is 0 Å². The molecule has 0 bridgehead atoms. The van der Waals surface area contributed by atoms with E-state index in [4.69, 9.17) is 14.6 Å². The van der Waals surface area contributed by atoms with Crippen LogP contribution in [0.1, 0.15) is 10.5 Å².